The first-order valence-electron chi connectivity index (χ1n) is 8.73. The first-order valence-corrected chi connectivity index (χ1v) is 9.52. The van der Waals surface area contributed by atoms with Crippen LogP contribution in [0.5, 0.6) is 5.75 Å². The molecule has 3 rings (SSSR count). The molecule has 0 saturated carbocycles. The summed E-state index contributed by atoms with van der Waals surface area (Å²) in [6, 6.07) is 13.6. The van der Waals surface area contributed by atoms with Crippen LogP contribution in [0.25, 0.3) is 0 Å². The van der Waals surface area contributed by atoms with E-state index in [0.29, 0.717) is 11.3 Å². The predicted molar refractivity (Wildman–Crippen MR) is 103 cm³/mol. The summed E-state index contributed by atoms with van der Waals surface area (Å²) in [5.41, 5.74) is 2.62. The average Bonchev–Trinajstić information content (AvgIpc) is 2.64. The summed E-state index contributed by atoms with van der Waals surface area (Å²) >= 11 is 3.40. The number of rotatable bonds is 5. The number of carbonyl (C=O) groups excluding carboxylic acids is 1. The summed E-state index contributed by atoms with van der Waals surface area (Å²) in [6.07, 6.45) is 4.03. The number of methoxy groups -OCH3 is 1. The van der Waals surface area contributed by atoms with Crippen molar-refractivity contribution < 1.29 is 14.4 Å². The Morgan fingerprint density at radius 1 is 1.12 bits per heavy atom. The number of ether oxygens (including phenoxy) is 1. The molecule has 5 heteroatoms. The molecule has 25 heavy (non-hydrogen) atoms. The summed E-state index contributed by atoms with van der Waals surface area (Å²) in [5.74, 6) is 0.388. The summed E-state index contributed by atoms with van der Waals surface area (Å²) < 4.78 is 6.12. The van der Waals surface area contributed by atoms with Crippen molar-refractivity contribution in [2.75, 3.05) is 25.5 Å². The molecular formula is C20H24BrN2O2+. The lowest BCUT2D eigenvalue weighted by molar-refractivity contribution is -0.918. The van der Waals surface area contributed by atoms with Crippen LogP contribution in [0.2, 0.25) is 0 Å². The lowest BCUT2D eigenvalue weighted by Gasteiger charge is -2.23. The molecule has 0 radical (unpaired) electrons. The maximum absolute atomic E-state index is 12.5. The van der Waals surface area contributed by atoms with Crippen LogP contribution in [0, 0.1) is 0 Å². The smallest absolute Gasteiger partial charge is 0.259 e. The van der Waals surface area contributed by atoms with Gasteiger partial charge in [0.05, 0.1) is 25.8 Å². The van der Waals surface area contributed by atoms with Crippen LogP contribution in [0.15, 0.2) is 46.9 Å². The highest BCUT2D eigenvalue weighted by Gasteiger charge is 2.15. The van der Waals surface area contributed by atoms with Gasteiger partial charge in [-0.1, -0.05) is 28.1 Å². The highest BCUT2D eigenvalue weighted by atomic mass is 79.9. The molecule has 0 aliphatic carbocycles. The molecule has 2 aromatic carbocycles. The van der Waals surface area contributed by atoms with Crippen LogP contribution in [0.1, 0.15) is 35.2 Å². The Kier molecular flexibility index (Phi) is 6.10. The molecule has 0 atom stereocenters. The highest BCUT2D eigenvalue weighted by molar-refractivity contribution is 9.10. The number of nitrogens with one attached hydrogen (secondary N) is 2. The van der Waals surface area contributed by atoms with Crippen molar-refractivity contribution in [1.29, 1.82) is 0 Å². The third-order valence-corrected chi connectivity index (χ3v) is 5.13. The number of amides is 1. The quantitative estimate of drug-likeness (QED) is 0.804. The molecule has 0 aromatic heterocycles. The number of piperidine rings is 1. The van der Waals surface area contributed by atoms with E-state index < -0.39 is 0 Å². The van der Waals surface area contributed by atoms with Gasteiger partial charge in [-0.25, -0.2) is 0 Å². The zero-order valence-electron chi connectivity index (χ0n) is 14.5. The lowest BCUT2D eigenvalue weighted by Crippen LogP contribution is -3.11. The molecule has 1 saturated heterocycles. The zero-order chi connectivity index (χ0) is 17.6. The van der Waals surface area contributed by atoms with Crippen molar-refractivity contribution in [2.45, 2.75) is 25.8 Å². The van der Waals surface area contributed by atoms with E-state index in [4.69, 9.17) is 4.74 Å². The second-order valence-corrected chi connectivity index (χ2v) is 7.40. The lowest BCUT2D eigenvalue weighted by atomic mass is 10.1. The molecule has 0 spiro atoms. The van der Waals surface area contributed by atoms with Gasteiger partial charge in [-0.2, -0.15) is 0 Å². The van der Waals surface area contributed by atoms with E-state index in [1.165, 1.54) is 37.9 Å². The van der Waals surface area contributed by atoms with Gasteiger partial charge in [0, 0.05) is 15.7 Å². The average molecular weight is 404 g/mol. The van der Waals surface area contributed by atoms with Crippen molar-refractivity contribution >= 4 is 27.5 Å². The van der Waals surface area contributed by atoms with E-state index in [1.54, 1.807) is 24.1 Å². The molecule has 4 nitrogen and oxygen atoms in total. The standard InChI is InChI=1S/C20H23BrN2O2/c1-25-19-10-7-16(21)13-18(19)20(24)22-17-8-5-15(6-9-17)14-23-11-3-2-4-12-23/h5-10,13H,2-4,11-12,14H2,1H3,(H,22,24)/p+1. The molecule has 2 aromatic rings. The van der Waals surface area contributed by atoms with Gasteiger partial charge in [0.1, 0.15) is 12.3 Å². The van der Waals surface area contributed by atoms with Crippen LogP contribution in [0.3, 0.4) is 0 Å². The molecule has 1 amide bonds. The van der Waals surface area contributed by atoms with Crippen molar-refractivity contribution in [1.82, 2.24) is 0 Å². The minimum absolute atomic E-state index is 0.174. The third-order valence-electron chi connectivity index (χ3n) is 4.63. The normalized spacial score (nSPS) is 15.0. The van der Waals surface area contributed by atoms with Crippen LogP contribution in [0.4, 0.5) is 5.69 Å². The Morgan fingerprint density at radius 3 is 2.52 bits per heavy atom. The number of halogens is 1. The molecule has 0 bridgehead atoms. The number of likely N-dealkylation sites (tertiary alicyclic amines) is 1. The number of hydrogen-bond donors (Lipinski definition) is 2. The van der Waals surface area contributed by atoms with Crippen LogP contribution in [-0.2, 0) is 6.54 Å². The Bertz CT molecular complexity index is 725. The summed E-state index contributed by atoms with van der Waals surface area (Å²) in [5, 5.41) is 2.94. The second kappa shape index (κ2) is 8.50. The van der Waals surface area contributed by atoms with Gasteiger partial charge < -0.3 is 15.0 Å². The molecule has 1 fully saturated rings. The minimum atomic E-state index is -0.174. The van der Waals surface area contributed by atoms with E-state index in [1.807, 2.05) is 18.2 Å². The van der Waals surface area contributed by atoms with Gasteiger partial charge in [0.2, 0.25) is 0 Å². The van der Waals surface area contributed by atoms with Gasteiger partial charge in [0.15, 0.2) is 0 Å². The van der Waals surface area contributed by atoms with Crippen molar-refractivity contribution in [2.24, 2.45) is 0 Å². The number of carbonyl (C=O) groups is 1. The molecular weight excluding hydrogens is 380 g/mol. The largest absolute Gasteiger partial charge is 0.496 e. The summed E-state index contributed by atoms with van der Waals surface area (Å²) in [4.78, 5) is 14.2. The second-order valence-electron chi connectivity index (χ2n) is 6.48. The summed E-state index contributed by atoms with van der Waals surface area (Å²) in [7, 11) is 1.57. The van der Waals surface area contributed by atoms with Gasteiger partial charge in [0.25, 0.3) is 5.91 Å². The van der Waals surface area contributed by atoms with Crippen LogP contribution >= 0.6 is 15.9 Å². The fourth-order valence-electron chi connectivity index (χ4n) is 3.28. The van der Waals surface area contributed by atoms with E-state index >= 15 is 0 Å². The fourth-order valence-corrected chi connectivity index (χ4v) is 3.64. The number of benzene rings is 2. The topological polar surface area (TPSA) is 42.8 Å². The van der Waals surface area contributed by atoms with Gasteiger partial charge >= 0.3 is 0 Å². The monoisotopic (exact) mass is 403 g/mol. The van der Waals surface area contributed by atoms with E-state index in [0.717, 1.165) is 16.7 Å². The Labute approximate surface area is 157 Å². The zero-order valence-corrected chi connectivity index (χ0v) is 16.1. The number of anilines is 1. The first kappa shape index (κ1) is 18.0. The molecule has 2 N–H and O–H groups in total. The number of quaternary nitrogens is 1. The highest BCUT2D eigenvalue weighted by Crippen LogP contribution is 2.24. The molecule has 132 valence electrons. The van der Waals surface area contributed by atoms with Crippen molar-refractivity contribution in [3.8, 4) is 5.75 Å². The fraction of sp³-hybridized carbons (Fsp3) is 0.350. The summed E-state index contributed by atoms with van der Waals surface area (Å²) in [6.45, 7) is 3.59. The van der Waals surface area contributed by atoms with E-state index in [-0.39, 0.29) is 5.91 Å². The Morgan fingerprint density at radius 2 is 1.84 bits per heavy atom. The number of hydrogen-bond acceptors (Lipinski definition) is 2. The van der Waals surface area contributed by atoms with Crippen molar-refractivity contribution in [3.05, 3.63) is 58.1 Å². The maximum Gasteiger partial charge on any atom is 0.259 e. The maximum atomic E-state index is 12.5. The van der Waals surface area contributed by atoms with Gasteiger partial charge in [-0.3, -0.25) is 4.79 Å². The molecule has 1 heterocycles. The molecule has 1 aliphatic rings. The van der Waals surface area contributed by atoms with Crippen LogP contribution < -0.4 is 15.0 Å². The van der Waals surface area contributed by atoms with Crippen LogP contribution in [-0.4, -0.2) is 26.1 Å². The van der Waals surface area contributed by atoms with Gasteiger partial charge in [-0.15, -0.1) is 0 Å². The minimum Gasteiger partial charge on any atom is -0.496 e. The first-order chi connectivity index (χ1) is 12.2. The van der Waals surface area contributed by atoms with E-state index in [9.17, 15) is 4.79 Å². The van der Waals surface area contributed by atoms with Gasteiger partial charge in [-0.05, 0) is 49.6 Å². The molecule has 1 aliphatic heterocycles. The third kappa shape index (κ3) is 4.83. The Hall–Kier alpha value is -1.85. The Balaban J connectivity index is 1.65. The van der Waals surface area contributed by atoms with Crippen molar-refractivity contribution in [3.63, 3.8) is 0 Å². The SMILES string of the molecule is COc1ccc(Br)cc1C(=O)Nc1ccc(C[NH+]2CCCCC2)cc1. The predicted octanol–water partition coefficient (Wildman–Crippen LogP) is 3.28. The van der Waals surface area contributed by atoms with E-state index in [2.05, 4.69) is 33.4 Å². The molecule has 0 unspecified atom stereocenters.